The van der Waals surface area contributed by atoms with Gasteiger partial charge in [0.25, 0.3) is 11.7 Å². The minimum atomic E-state index is -0.655. The number of methoxy groups -OCH3 is 1. The van der Waals surface area contributed by atoms with E-state index in [-0.39, 0.29) is 0 Å². The standard InChI is InChI=1S/C13H13ClN2O3/c1-19-5-4-15-13(18)12(17)10-7-16-11-3-2-8(14)6-9(10)11/h2-3,6-7,16H,4-5H2,1H3,(H,15,18). The van der Waals surface area contributed by atoms with Crippen molar-refractivity contribution in [2.24, 2.45) is 0 Å². The van der Waals surface area contributed by atoms with Crippen molar-refractivity contribution in [2.75, 3.05) is 20.3 Å². The second kappa shape index (κ2) is 5.86. The van der Waals surface area contributed by atoms with E-state index in [1.807, 2.05) is 0 Å². The number of H-pyrrole nitrogens is 1. The summed E-state index contributed by atoms with van der Waals surface area (Å²) in [4.78, 5) is 26.6. The van der Waals surface area contributed by atoms with Crippen LogP contribution in [-0.4, -0.2) is 36.9 Å². The summed E-state index contributed by atoms with van der Waals surface area (Å²) in [6.45, 7) is 0.656. The number of amides is 1. The average molecular weight is 281 g/mol. The van der Waals surface area contributed by atoms with E-state index in [1.54, 1.807) is 18.2 Å². The van der Waals surface area contributed by atoms with Gasteiger partial charge in [0.2, 0.25) is 0 Å². The number of nitrogens with one attached hydrogen (secondary N) is 2. The van der Waals surface area contributed by atoms with Crippen LogP contribution >= 0.6 is 11.6 Å². The van der Waals surface area contributed by atoms with Crippen LogP contribution in [0.3, 0.4) is 0 Å². The van der Waals surface area contributed by atoms with Gasteiger partial charge in [0.1, 0.15) is 0 Å². The highest BCUT2D eigenvalue weighted by molar-refractivity contribution is 6.45. The highest BCUT2D eigenvalue weighted by Crippen LogP contribution is 2.22. The molecule has 2 aromatic rings. The number of fused-ring (bicyclic) bond motifs is 1. The van der Waals surface area contributed by atoms with Crippen molar-refractivity contribution >= 4 is 34.2 Å². The molecular weight excluding hydrogens is 268 g/mol. The lowest BCUT2D eigenvalue weighted by molar-refractivity contribution is -0.117. The van der Waals surface area contributed by atoms with Gasteiger partial charge in [0, 0.05) is 35.8 Å². The SMILES string of the molecule is COCCNC(=O)C(=O)c1c[nH]c2ccc(Cl)cc12. The molecule has 5 nitrogen and oxygen atoms in total. The summed E-state index contributed by atoms with van der Waals surface area (Å²) in [6.07, 6.45) is 1.51. The summed E-state index contributed by atoms with van der Waals surface area (Å²) in [7, 11) is 1.52. The molecule has 100 valence electrons. The number of aromatic amines is 1. The average Bonchev–Trinajstić information content (AvgIpc) is 2.80. The van der Waals surface area contributed by atoms with Gasteiger partial charge in [0.05, 0.1) is 12.2 Å². The fourth-order valence-corrected chi connectivity index (χ4v) is 1.92. The van der Waals surface area contributed by atoms with Crippen LogP contribution < -0.4 is 5.32 Å². The summed E-state index contributed by atoms with van der Waals surface area (Å²) in [5, 5.41) is 3.64. The van der Waals surface area contributed by atoms with Crippen molar-refractivity contribution in [1.82, 2.24) is 10.3 Å². The molecule has 0 fully saturated rings. The quantitative estimate of drug-likeness (QED) is 0.498. The zero-order chi connectivity index (χ0) is 13.8. The zero-order valence-corrected chi connectivity index (χ0v) is 11.1. The zero-order valence-electron chi connectivity index (χ0n) is 10.3. The first kappa shape index (κ1) is 13.6. The normalized spacial score (nSPS) is 10.6. The number of carbonyl (C=O) groups is 2. The van der Waals surface area contributed by atoms with Crippen LogP contribution in [0.4, 0.5) is 0 Å². The maximum atomic E-state index is 12.0. The van der Waals surface area contributed by atoms with Gasteiger partial charge in [-0.3, -0.25) is 9.59 Å². The molecule has 0 spiro atoms. The molecule has 0 unspecified atom stereocenters. The maximum absolute atomic E-state index is 12.0. The number of ketones is 1. The predicted molar refractivity (Wildman–Crippen MR) is 72.5 cm³/mol. The molecular formula is C13H13ClN2O3. The lowest BCUT2D eigenvalue weighted by Crippen LogP contribution is -2.33. The molecule has 2 N–H and O–H groups in total. The summed E-state index contributed by atoms with van der Waals surface area (Å²) in [6, 6.07) is 5.13. The van der Waals surface area contributed by atoms with E-state index >= 15 is 0 Å². The van der Waals surface area contributed by atoms with E-state index in [1.165, 1.54) is 13.3 Å². The van der Waals surface area contributed by atoms with Gasteiger partial charge < -0.3 is 15.0 Å². The maximum Gasteiger partial charge on any atom is 0.292 e. The second-order valence-corrected chi connectivity index (χ2v) is 4.41. The molecule has 0 saturated carbocycles. The van der Waals surface area contributed by atoms with Gasteiger partial charge in [-0.2, -0.15) is 0 Å². The number of aromatic nitrogens is 1. The molecule has 2 rings (SSSR count). The van der Waals surface area contributed by atoms with Gasteiger partial charge in [-0.1, -0.05) is 11.6 Å². The number of halogens is 1. The lowest BCUT2D eigenvalue weighted by atomic mass is 10.1. The molecule has 6 heteroatoms. The molecule has 0 saturated heterocycles. The van der Waals surface area contributed by atoms with E-state index in [4.69, 9.17) is 16.3 Å². The van der Waals surface area contributed by atoms with Crippen LogP contribution in [0.5, 0.6) is 0 Å². The molecule has 0 atom stereocenters. The molecule has 0 bridgehead atoms. The molecule has 0 aliphatic rings. The highest BCUT2D eigenvalue weighted by Gasteiger charge is 2.19. The molecule has 0 radical (unpaired) electrons. The molecule has 1 heterocycles. The van der Waals surface area contributed by atoms with Crippen LogP contribution in [-0.2, 0) is 9.53 Å². The Morgan fingerprint density at radius 3 is 2.95 bits per heavy atom. The van der Waals surface area contributed by atoms with Crippen molar-refractivity contribution in [3.63, 3.8) is 0 Å². The van der Waals surface area contributed by atoms with Gasteiger partial charge in [-0.25, -0.2) is 0 Å². The van der Waals surface area contributed by atoms with Crippen LogP contribution in [0.2, 0.25) is 5.02 Å². The third kappa shape index (κ3) is 2.94. The van der Waals surface area contributed by atoms with Crippen molar-refractivity contribution in [2.45, 2.75) is 0 Å². The smallest absolute Gasteiger partial charge is 0.292 e. The van der Waals surface area contributed by atoms with E-state index in [0.29, 0.717) is 29.1 Å². The van der Waals surface area contributed by atoms with Crippen LogP contribution in [0.1, 0.15) is 10.4 Å². The van der Waals surface area contributed by atoms with E-state index in [2.05, 4.69) is 10.3 Å². The monoisotopic (exact) mass is 280 g/mol. The van der Waals surface area contributed by atoms with Crippen molar-refractivity contribution in [3.05, 3.63) is 35.0 Å². The summed E-state index contributed by atoms with van der Waals surface area (Å²) < 4.78 is 4.80. The number of Topliss-reactive ketones (excluding diaryl/α,β-unsaturated/α-hetero) is 1. The third-order valence-corrected chi connectivity index (χ3v) is 2.92. The minimum absolute atomic E-state index is 0.296. The molecule has 1 aromatic carbocycles. The number of hydrogen-bond acceptors (Lipinski definition) is 3. The Bertz CT molecular complexity index is 621. The summed E-state index contributed by atoms with van der Waals surface area (Å²) >= 11 is 5.89. The molecule has 0 aliphatic heterocycles. The van der Waals surface area contributed by atoms with Crippen LogP contribution in [0, 0.1) is 0 Å². The Labute approximate surface area is 114 Å². The van der Waals surface area contributed by atoms with E-state index in [0.717, 1.165) is 5.52 Å². The number of rotatable bonds is 5. The Hall–Kier alpha value is -1.85. The first-order valence-electron chi connectivity index (χ1n) is 5.71. The van der Waals surface area contributed by atoms with E-state index < -0.39 is 11.7 Å². The Balaban J connectivity index is 2.21. The predicted octanol–water partition coefficient (Wildman–Crippen LogP) is 1.77. The first-order valence-corrected chi connectivity index (χ1v) is 6.09. The van der Waals surface area contributed by atoms with Gasteiger partial charge >= 0.3 is 0 Å². The van der Waals surface area contributed by atoms with Crippen molar-refractivity contribution in [3.8, 4) is 0 Å². The number of benzene rings is 1. The fraction of sp³-hybridized carbons (Fsp3) is 0.231. The number of ether oxygens (including phenoxy) is 1. The van der Waals surface area contributed by atoms with Gasteiger partial charge in [-0.05, 0) is 18.2 Å². The Kier molecular flexibility index (Phi) is 4.19. The topological polar surface area (TPSA) is 71.2 Å². The first-order chi connectivity index (χ1) is 9.13. The third-order valence-electron chi connectivity index (χ3n) is 2.69. The Morgan fingerprint density at radius 2 is 2.21 bits per heavy atom. The van der Waals surface area contributed by atoms with Crippen molar-refractivity contribution in [1.29, 1.82) is 0 Å². The molecule has 1 aromatic heterocycles. The van der Waals surface area contributed by atoms with Gasteiger partial charge in [0.15, 0.2) is 0 Å². The summed E-state index contributed by atoms with van der Waals surface area (Å²) in [5.74, 6) is -1.25. The largest absolute Gasteiger partial charge is 0.383 e. The van der Waals surface area contributed by atoms with Crippen molar-refractivity contribution < 1.29 is 14.3 Å². The van der Waals surface area contributed by atoms with E-state index in [9.17, 15) is 9.59 Å². The minimum Gasteiger partial charge on any atom is -0.383 e. The number of hydrogen-bond donors (Lipinski definition) is 2. The van der Waals surface area contributed by atoms with Crippen LogP contribution in [0.25, 0.3) is 10.9 Å². The fourth-order valence-electron chi connectivity index (χ4n) is 1.75. The molecule has 0 aliphatic carbocycles. The molecule has 1 amide bonds. The highest BCUT2D eigenvalue weighted by atomic mass is 35.5. The second-order valence-electron chi connectivity index (χ2n) is 3.97. The number of carbonyl (C=O) groups excluding carboxylic acids is 2. The Morgan fingerprint density at radius 1 is 1.42 bits per heavy atom. The summed E-state index contributed by atoms with van der Waals surface area (Å²) in [5.41, 5.74) is 1.07. The van der Waals surface area contributed by atoms with Gasteiger partial charge in [-0.15, -0.1) is 0 Å². The van der Waals surface area contributed by atoms with Crippen LogP contribution in [0.15, 0.2) is 24.4 Å². The molecule has 19 heavy (non-hydrogen) atoms. The lowest BCUT2D eigenvalue weighted by Gasteiger charge is -2.02.